The van der Waals surface area contributed by atoms with E-state index in [1.165, 1.54) is 5.56 Å². The molecule has 3 aliphatic rings. The summed E-state index contributed by atoms with van der Waals surface area (Å²) in [6.45, 7) is 3.47. The highest BCUT2D eigenvalue weighted by atomic mass is 16.2. The summed E-state index contributed by atoms with van der Waals surface area (Å²) in [4.78, 5) is 39.5. The molecule has 0 N–H and O–H groups in total. The molecule has 1 atom stereocenters. The minimum Gasteiger partial charge on any atom is -0.332 e. The van der Waals surface area contributed by atoms with Gasteiger partial charge in [-0.2, -0.15) is 0 Å². The molecule has 1 saturated carbocycles. The van der Waals surface area contributed by atoms with E-state index in [2.05, 4.69) is 24.3 Å². The second kappa shape index (κ2) is 9.00. The van der Waals surface area contributed by atoms with Gasteiger partial charge in [-0.25, -0.2) is 9.97 Å². The van der Waals surface area contributed by atoms with Gasteiger partial charge >= 0.3 is 0 Å². The normalized spacial score (nSPS) is 20.9. The van der Waals surface area contributed by atoms with E-state index in [0.717, 1.165) is 68.6 Å². The fraction of sp³-hybridized carbons (Fsp3) is 0.538. The van der Waals surface area contributed by atoms with Crippen LogP contribution >= 0.6 is 0 Å². The van der Waals surface area contributed by atoms with Crippen molar-refractivity contribution in [3.63, 3.8) is 0 Å². The Labute approximate surface area is 190 Å². The van der Waals surface area contributed by atoms with Crippen molar-refractivity contribution >= 4 is 17.6 Å². The second-order valence-electron chi connectivity index (χ2n) is 9.42. The highest BCUT2D eigenvalue weighted by Gasteiger charge is 2.38. The van der Waals surface area contributed by atoms with Crippen LogP contribution in [0.4, 0.5) is 5.82 Å². The predicted molar refractivity (Wildman–Crippen MR) is 123 cm³/mol. The summed E-state index contributed by atoms with van der Waals surface area (Å²) in [5.41, 5.74) is 3.32. The van der Waals surface area contributed by atoms with Crippen LogP contribution in [-0.4, -0.2) is 39.8 Å². The number of rotatable bonds is 6. The van der Waals surface area contributed by atoms with Crippen LogP contribution in [0.25, 0.3) is 0 Å². The summed E-state index contributed by atoms with van der Waals surface area (Å²) < 4.78 is 0. The van der Waals surface area contributed by atoms with Crippen molar-refractivity contribution in [3.05, 3.63) is 53.0 Å². The monoisotopic (exact) mass is 432 g/mol. The van der Waals surface area contributed by atoms with Gasteiger partial charge in [-0.15, -0.1) is 0 Å². The van der Waals surface area contributed by atoms with Crippen molar-refractivity contribution in [1.82, 2.24) is 14.9 Å². The average Bonchev–Trinajstić information content (AvgIpc) is 3.25. The number of amides is 2. The van der Waals surface area contributed by atoms with Crippen molar-refractivity contribution in [2.45, 2.75) is 70.8 Å². The third-order valence-electron chi connectivity index (χ3n) is 7.33. The summed E-state index contributed by atoms with van der Waals surface area (Å²) in [7, 11) is 0. The van der Waals surface area contributed by atoms with Crippen LogP contribution in [-0.2, 0) is 22.4 Å². The summed E-state index contributed by atoms with van der Waals surface area (Å²) >= 11 is 0. The minimum absolute atomic E-state index is 0.0599. The van der Waals surface area contributed by atoms with Crippen LogP contribution in [0.2, 0.25) is 0 Å². The number of carbonyl (C=O) groups excluding carboxylic acids is 2. The molecular weight excluding hydrogens is 400 g/mol. The predicted octanol–water partition coefficient (Wildman–Crippen LogP) is 4.16. The van der Waals surface area contributed by atoms with E-state index in [4.69, 9.17) is 9.97 Å². The molecule has 5 rings (SSSR count). The van der Waals surface area contributed by atoms with Gasteiger partial charge in [0.25, 0.3) is 0 Å². The molecule has 1 aliphatic carbocycles. The molecule has 2 fully saturated rings. The van der Waals surface area contributed by atoms with Crippen LogP contribution in [0.1, 0.15) is 73.6 Å². The van der Waals surface area contributed by atoms with Crippen LogP contribution in [0.5, 0.6) is 0 Å². The van der Waals surface area contributed by atoms with Gasteiger partial charge in [-0.3, -0.25) is 14.5 Å². The molecule has 0 bridgehead atoms. The molecule has 1 aromatic heterocycles. The maximum atomic E-state index is 13.0. The zero-order chi connectivity index (χ0) is 22.1. The quantitative estimate of drug-likeness (QED) is 0.687. The topological polar surface area (TPSA) is 66.4 Å². The molecule has 168 valence electrons. The summed E-state index contributed by atoms with van der Waals surface area (Å²) in [5, 5.41) is 0. The van der Waals surface area contributed by atoms with Crippen LogP contribution in [0.3, 0.4) is 0 Å². The van der Waals surface area contributed by atoms with Crippen molar-refractivity contribution in [3.8, 4) is 0 Å². The number of carbonyl (C=O) groups is 2. The molecule has 0 radical (unpaired) electrons. The van der Waals surface area contributed by atoms with Gasteiger partial charge in [0.05, 0.1) is 6.04 Å². The third-order valence-corrected chi connectivity index (χ3v) is 7.33. The smallest absolute Gasteiger partial charge is 0.228 e. The Hall–Kier alpha value is -2.76. The molecular formula is C26H32N4O2. The number of nitrogens with zero attached hydrogens (tertiary/aromatic N) is 4. The Balaban J connectivity index is 1.38. The van der Waals surface area contributed by atoms with Gasteiger partial charge in [-0.05, 0) is 57.4 Å². The number of aromatic nitrogens is 2. The molecule has 6 heteroatoms. The Morgan fingerprint density at radius 1 is 1.06 bits per heavy atom. The lowest BCUT2D eigenvalue weighted by atomic mass is 9.84. The van der Waals surface area contributed by atoms with Gasteiger partial charge in [0.1, 0.15) is 5.82 Å². The third kappa shape index (κ3) is 4.03. The first-order chi connectivity index (χ1) is 15.6. The Kier molecular flexibility index (Phi) is 5.94. The van der Waals surface area contributed by atoms with E-state index in [-0.39, 0.29) is 23.8 Å². The SMILES string of the molecule is Cc1nc([C@@H]2CCCN2C(=O)C2CCC2)nc2c1CCC(=O)N2CCCc1ccccc1. The second-order valence-corrected chi connectivity index (χ2v) is 9.42. The molecule has 6 nitrogen and oxygen atoms in total. The molecule has 2 aliphatic heterocycles. The molecule has 3 heterocycles. The van der Waals surface area contributed by atoms with E-state index >= 15 is 0 Å². The lowest BCUT2D eigenvalue weighted by Crippen LogP contribution is -2.40. The maximum absolute atomic E-state index is 13.0. The maximum Gasteiger partial charge on any atom is 0.228 e. The lowest BCUT2D eigenvalue weighted by molar-refractivity contribution is -0.139. The summed E-state index contributed by atoms with van der Waals surface area (Å²) in [6, 6.07) is 10.3. The van der Waals surface area contributed by atoms with E-state index in [1.54, 1.807) is 0 Å². The number of benzene rings is 1. The van der Waals surface area contributed by atoms with Crippen LogP contribution in [0, 0.1) is 12.8 Å². The van der Waals surface area contributed by atoms with Gasteiger partial charge in [0.2, 0.25) is 11.8 Å². The number of aryl methyl sites for hydroxylation is 2. The number of fused-ring (bicyclic) bond motifs is 1. The van der Waals surface area contributed by atoms with E-state index < -0.39 is 0 Å². The number of likely N-dealkylation sites (tertiary alicyclic amines) is 1. The fourth-order valence-electron chi connectivity index (χ4n) is 5.26. The van der Waals surface area contributed by atoms with E-state index in [0.29, 0.717) is 25.2 Å². The van der Waals surface area contributed by atoms with Gasteiger partial charge in [0, 0.05) is 36.7 Å². The Morgan fingerprint density at radius 3 is 2.62 bits per heavy atom. The molecule has 2 amide bonds. The zero-order valence-electron chi connectivity index (χ0n) is 18.9. The van der Waals surface area contributed by atoms with Crippen molar-refractivity contribution in [1.29, 1.82) is 0 Å². The first-order valence-electron chi connectivity index (χ1n) is 12.1. The first-order valence-corrected chi connectivity index (χ1v) is 12.1. The zero-order valence-corrected chi connectivity index (χ0v) is 18.9. The van der Waals surface area contributed by atoms with Gasteiger partial charge in [-0.1, -0.05) is 36.8 Å². The first kappa shape index (κ1) is 21.1. The molecule has 0 unspecified atom stereocenters. The Bertz CT molecular complexity index is 1000. The largest absolute Gasteiger partial charge is 0.332 e. The molecule has 32 heavy (non-hydrogen) atoms. The van der Waals surface area contributed by atoms with E-state index in [1.807, 2.05) is 22.8 Å². The number of hydrogen-bond acceptors (Lipinski definition) is 4. The van der Waals surface area contributed by atoms with Crippen LogP contribution < -0.4 is 4.90 Å². The van der Waals surface area contributed by atoms with Crippen molar-refractivity contribution in [2.75, 3.05) is 18.0 Å². The highest BCUT2D eigenvalue weighted by molar-refractivity contribution is 5.95. The van der Waals surface area contributed by atoms with Crippen LogP contribution in [0.15, 0.2) is 30.3 Å². The Morgan fingerprint density at radius 2 is 1.88 bits per heavy atom. The standard InChI is InChI=1S/C26H32N4O2/c1-18-21-14-15-23(31)30(17-6-10-19-8-3-2-4-9-19)25(21)28-24(27-18)22-13-7-16-29(22)26(32)20-11-5-12-20/h2-4,8-9,20,22H,5-7,10-17H2,1H3/t22-/m0/s1. The van der Waals surface area contributed by atoms with Gasteiger partial charge in [0.15, 0.2) is 5.82 Å². The van der Waals surface area contributed by atoms with E-state index in [9.17, 15) is 9.59 Å². The molecule has 1 aromatic carbocycles. The van der Waals surface area contributed by atoms with Crippen molar-refractivity contribution in [2.24, 2.45) is 5.92 Å². The highest BCUT2D eigenvalue weighted by Crippen LogP contribution is 2.38. The number of anilines is 1. The minimum atomic E-state index is -0.0599. The lowest BCUT2D eigenvalue weighted by Gasteiger charge is -2.33. The average molecular weight is 433 g/mol. The summed E-state index contributed by atoms with van der Waals surface area (Å²) in [6.07, 6.45) is 8.10. The molecule has 2 aromatic rings. The van der Waals surface area contributed by atoms with Gasteiger partial charge < -0.3 is 4.90 Å². The van der Waals surface area contributed by atoms with Crippen molar-refractivity contribution < 1.29 is 9.59 Å². The number of hydrogen-bond donors (Lipinski definition) is 0. The molecule has 1 saturated heterocycles. The fourth-order valence-corrected chi connectivity index (χ4v) is 5.26. The molecule has 0 spiro atoms. The summed E-state index contributed by atoms with van der Waals surface area (Å²) in [5.74, 6) is 2.09.